The van der Waals surface area contributed by atoms with Crippen LogP contribution in [-0.4, -0.2) is 25.6 Å². The lowest BCUT2D eigenvalue weighted by atomic mass is 10.2. The number of nitrogens with two attached hydrogens (primary N) is 2. The van der Waals surface area contributed by atoms with Crippen LogP contribution in [0, 0.1) is 5.82 Å². The summed E-state index contributed by atoms with van der Waals surface area (Å²) in [5, 5.41) is 2.80. The molecule has 0 heterocycles. The van der Waals surface area contributed by atoms with Gasteiger partial charge in [0.2, 0.25) is 5.91 Å². The van der Waals surface area contributed by atoms with Gasteiger partial charge < -0.3 is 21.5 Å². The highest BCUT2D eigenvalue weighted by atomic mass is 19.1. The molecule has 0 aliphatic carbocycles. The number of ether oxygens (including phenoxy) is 1. The number of anilines is 1. The first kappa shape index (κ1) is 12.3. The maximum absolute atomic E-state index is 13.2. The molecule has 5 N–H and O–H groups in total. The van der Waals surface area contributed by atoms with Crippen molar-refractivity contribution in [3.8, 4) is 5.75 Å². The van der Waals surface area contributed by atoms with E-state index < -0.39 is 17.8 Å². The van der Waals surface area contributed by atoms with E-state index in [2.05, 4.69) is 5.32 Å². The standard InChI is InChI=1S/C10H14FN3O2/c1-16-9-3-2-6(4-7(9)11)14-5-8(12)10(13)15/h2-4,8,14H,5,12H2,1H3,(H2,13,15). The number of primary amides is 1. The molecular formula is C10H14FN3O2. The lowest BCUT2D eigenvalue weighted by Crippen LogP contribution is -2.41. The first-order valence-corrected chi connectivity index (χ1v) is 4.67. The van der Waals surface area contributed by atoms with Gasteiger partial charge in [0.25, 0.3) is 0 Å². The molecule has 0 saturated heterocycles. The molecule has 88 valence electrons. The SMILES string of the molecule is COc1ccc(NCC(N)C(N)=O)cc1F. The van der Waals surface area contributed by atoms with E-state index in [0.717, 1.165) is 0 Å². The first-order chi connectivity index (χ1) is 7.54. The monoisotopic (exact) mass is 227 g/mol. The second kappa shape index (κ2) is 5.32. The number of nitrogens with one attached hydrogen (secondary N) is 1. The summed E-state index contributed by atoms with van der Waals surface area (Å²) >= 11 is 0. The van der Waals surface area contributed by atoms with Gasteiger partial charge >= 0.3 is 0 Å². The molecular weight excluding hydrogens is 213 g/mol. The van der Waals surface area contributed by atoms with Crippen LogP contribution < -0.4 is 21.5 Å². The number of methoxy groups -OCH3 is 1. The Labute approximate surface area is 92.6 Å². The van der Waals surface area contributed by atoms with Crippen LogP contribution in [0.25, 0.3) is 0 Å². The van der Waals surface area contributed by atoms with Crippen LogP contribution in [0.4, 0.5) is 10.1 Å². The average molecular weight is 227 g/mol. The van der Waals surface area contributed by atoms with E-state index in [-0.39, 0.29) is 12.3 Å². The van der Waals surface area contributed by atoms with Crippen molar-refractivity contribution >= 4 is 11.6 Å². The minimum atomic E-state index is -0.801. The molecule has 1 aromatic carbocycles. The Morgan fingerprint density at radius 2 is 2.31 bits per heavy atom. The second-order valence-electron chi connectivity index (χ2n) is 3.24. The Morgan fingerprint density at radius 1 is 1.62 bits per heavy atom. The summed E-state index contributed by atoms with van der Waals surface area (Å²) in [6.07, 6.45) is 0. The van der Waals surface area contributed by atoms with Crippen molar-refractivity contribution in [1.29, 1.82) is 0 Å². The van der Waals surface area contributed by atoms with E-state index in [0.29, 0.717) is 5.69 Å². The molecule has 1 atom stereocenters. The van der Waals surface area contributed by atoms with Gasteiger partial charge in [0, 0.05) is 18.3 Å². The van der Waals surface area contributed by atoms with Crippen LogP contribution >= 0.6 is 0 Å². The minimum Gasteiger partial charge on any atom is -0.494 e. The average Bonchev–Trinajstić information content (AvgIpc) is 2.25. The third-order valence-corrected chi connectivity index (χ3v) is 2.04. The summed E-state index contributed by atoms with van der Waals surface area (Å²) in [4.78, 5) is 10.7. The number of benzene rings is 1. The van der Waals surface area contributed by atoms with Gasteiger partial charge in [-0.25, -0.2) is 4.39 Å². The van der Waals surface area contributed by atoms with Gasteiger partial charge in [0.05, 0.1) is 7.11 Å². The van der Waals surface area contributed by atoms with Crippen LogP contribution in [0.1, 0.15) is 0 Å². The summed E-state index contributed by atoms with van der Waals surface area (Å²) in [7, 11) is 1.38. The maximum atomic E-state index is 13.2. The fourth-order valence-corrected chi connectivity index (χ4v) is 1.10. The van der Waals surface area contributed by atoms with E-state index in [1.54, 1.807) is 6.07 Å². The quantitative estimate of drug-likeness (QED) is 0.663. The highest BCUT2D eigenvalue weighted by Crippen LogP contribution is 2.20. The smallest absolute Gasteiger partial charge is 0.236 e. The highest BCUT2D eigenvalue weighted by molar-refractivity contribution is 5.80. The van der Waals surface area contributed by atoms with Crippen LogP contribution in [0.2, 0.25) is 0 Å². The number of rotatable bonds is 5. The van der Waals surface area contributed by atoms with Crippen LogP contribution in [0.15, 0.2) is 18.2 Å². The van der Waals surface area contributed by atoms with Gasteiger partial charge in [-0.15, -0.1) is 0 Å². The van der Waals surface area contributed by atoms with E-state index in [1.165, 1.54) is 19.2 Å². The molecule has 6 heteroatoms. The predicted molar refractivity (Wildman–Crippen MR) is 58.6 cm³/mol. The van der Waals surface area contributed by atoms with Crippen LogP contribution in [-0.2, 0) is 4.79 Å². The summed E-state index contributed by atoms with van der Waals surface area (Å²) in [6, 6.07) is 3.56. The van der Waals surface area contributed by atoms with Gasteiger partial charge in [0.15, 0.2) is 11.6 Å². The molecule has 0 aliphatic rings. The van der Waals surface area contributed by atoms with Crippen molar-refractivity contribution in [3.63, 3.8) is 0 Å². The molecule has 5 nitrogen and oxygen atoms in total. The van der Waals surface area contributed by atoms with E-state index in [4.69, 9.17) is 16.2 Å². The third kappa shape index (κ3) is 3.09. The van der Waals surface area contributed by atoms with Crippen LogP contribution in [0.3, 0.4) is 0 Å². The second-order valence-corrected chi connectivity index (χ2v) is 3.24. The van der Waals surface area contributed by atoms with Gasteiger partial charge in [-0.3, -0.25) is 4.79 Å². The molecule has 0 fully saturated rings. The molecule has 0 aliphatic heterocycles. The van der Waals surface area contributed by atoms with Gasteiger partial charge in [-0.1, -0.05) is 0 Å². The van der Waals surface area contributed by atoms with Crippen molar-refractivity contribution in [1.82, 2.24) is 0 Å². The van der Waals surface area contributed by atoms with Crippen molar-refractivity contribution in [2.75, 3.05) is 19.0 Å². The van der Waals surface area contributed by atoms with Crippen molar-refractivity contribution in [3.05, 3.63) is 24.0 Å². The topological polar surface area (TPSA) is 90.4 Å². The number of hydrogen-bond donors (Lipinski definition) is 3. The molecule has 0 saturated carbocycles. The minimum absolute atomic E-state index is 0.154. The Kier molecular flexibility index (Phi) is 4.07. The molecule has 16 heavy (non-hydrogen) atoms. The highest BCUT2D eigenvalue weighted by Gasteiger charge is 2.09. The van der Waals surface area contributed by atoms with Crippen LogP contribution in [0.5, 0.6) is 5.75 Å². The lowest BCUT2D eigenvalue weighted by molar-refractivity contribution is -0.118. The molecule has 0 spiro atoms. The summed E-state index contributed by atoms with van der Waals surface area (Å²) in [5.74, 6) is -0.939. The van der Waals surface area contributed by atoms with E-state index in [1.807, 2.05) is 0 Å². The molecule has 0 aromatic heterocycles. The number of halogens is 1. The van der Waals surface area contributed by atoms with Crippen molar-refractivity contribution in [2.45, 2.75) is 6.04 Å². The van der Waals surface area contributed by atoms with Crippen molar-refractivity contribution in [2.24, 2.45) is 11.5 Å². The zero-order chi connectivity index (χ0) is 12.1. The lowest BCUT2D eigenvalue weighted by Gasteiger charge is -2.11. The number of carbonyl (C=O) groups excluding carboxylic acids is 1. The molecule has 1 rings (SSSR count). The fourth-order valence-electron chi connectivity index (χ4n) is 1.10. The Hall–Kier alpha value is -1.82. The predicted octanol–water partition coefficient (Wildman–Crippen LogP) is 0.0588. The van der Waals surface area contributed by atoms with Gasteiger partial charge in [-0.05, 0) is 12.1 Å². The molecule has 0 radical (unpaired) electrons. The van der Waals surface area contributed by atoms with E-state index >= 15 is 0 Å². The number of amides is 1. The zero-order valence-corrected chi connectivity index (χ0v) is 8.87. The Bertz CT molecular complexity index is 384. The summed E-state index contributed by atoms with van der Waals surface area (Å²) in [5.41, 5.74) is 10.9. The van der Waals surface area contributed by atoms with E-state index in [9.17, 15) is 9.18 Å². The first-order valence-electron chi connectivity index (χ1n) is 4.67. The van der Waals surface area contributed by atoms with Gasteiger partial charge in [-0.2, -0.15) is 0 Å². The largest absolute Gasteiger partial charge is 0.494 e. The number of hydrogen-bond acceptors (Lipinski definition) is 4. The molecule has 1 unspecified atom stereocenters. The molecule has 1 aromatic rings. The maximum Gasteiger partial charge on any atom is 0.236 e. The van der Waals surface area contributed by atoms with Gasteiger partial charge in [0.1, 0.15) is 6.04 Å². The Morgan fingerprint density at radius 3 is 2.81 bits per heavy atom. The summed E-state index contributed by atoms with van der Waals surface area (Å²) in [6.45, 7) is 0.154. The zero-order valence-electron chi connectivity index (χ0n) is 8.87. The number of carbonyl (C=O) groups is 1. The third-order valence-electron chi connectivity index (χ3n) is 2.04. The normalized spacial score (nSPS) is 11.9. The Balaban J connectivity index is 2.62. The van der Waals surface area contributed by atoms with Crippen molar-refractivity contribution < 1.29 is 13.9 Å². The fraction of sp³-hybridized carbons (Fsp3) is 0.300. The molecule has 0 bridgehead atoms. The summed E-state index contributed by atoms with van der Waals surface area (Å²) < 4.78 is 18.0. The molecule has 1 amide bonds.